The summed E-state index contributed by atoms with van der Waals surface area (Å²) >= 11 is 0. The van der Waals surface area contributed by atoms with Crippen LogP contribution in [0, 0.1) is 5.82 Å². The van der Waals surface area contributed by atoms with Crippen LogP contribution in [0.1, 0.15) is 34.9 Å². The molecule has 1 aromatic carbocycles. The molecule has 0 aliphatic heterocycles. The maximum absolute atomic E-state index is 13.4. The van der Waals surface area contributed by atoms with Crippen molar-refractivity contribution in [3.05, 3.63) is 53.5 Å². The number of aromatic nitrogens is 1. The number of halogens is 1. The van der Waals surface area contributed by atoms with E-state index in [-0.39, 0.29) is 30.0 Å². The maximum atomic E-state index is 13.4. The quantitative estimate of drug-likeness (QED) is 0.880. The number of nitrogens with zero attached hydrogens (tertiary/aromatic N) is 1. The molecule has 0 radical (unpaired) electrons. The molecule has 5 nitrogen and oxygen atoms in total. The van der Waals surface area contributed by atoms with E-state index >= 15 is 0 Å². The monoisotopic (exact) mass is 263 g/mol. The van der Waals surface area contributed by atoms with E-state index in [9.17, 15) is 9.18 Å². The summed E-state index contributed by atoms with van der Waals surface area (Å²) in [5.74, 6) is -0.505. The summed E-state index contributed by atoms with van der Waals surface area (Å²) in [5, 5.41) is 2.57. The van der Waals surface area contributed by atoms with Crippen molar-refractivity contribution in [3.8, 4) is 0 Å². The second-order valence-corrected chi connectivity index (χ2v) is 4.13. The first kappa shape index (κ1) is 13.2. The summed E-state index contributed by atoms with van der Waals surface area (Å²) in [6.07, 6.45) is 1.23. The Bertz CT molecular complexity index is 581. The maximum Gasteiger partial charge on any atom is 0.273 e. The first-order chi connectivity index (χ1) is 9.08. The van der Waals surface area contributed by atoms with Gasteiger partial charge in [0.2, 0.25) is 5.89 Å². The number of nitrogens with one attached hydrogen (secondary N) is 1. The number of hydrogen-bond acceptors (Lipinski definition) is 4. The molecule has 0 bridgehead atoms. The SMILES string of the molecule is CC(N)c1nc(C(=O)NCc2ccccc2F)co1. The highest BCUT2D eigenvalue weighted by Crippen LogP contribution is 2.10. The van der Waals surface area contributed by atoms with Gasteiger partial charge in [-0.15, -0.1) is 0 Å². The van der Waals surface area contributed by atoms with Gasteiger partial charge in [-0.2, -0.15) is 0 Å². The molecule has 0 aliphatic rings. The second kappa shape index (κ2) is 5.62. The predicted octanol–water partition coefficient (Wildman–Crippen LogP) is 1.76. The molecule has 0 spiro atoms. The highest BCUT2D eigenvalue weighted by atomic mass is 19.1. The van der Waals surface area contributed by atoms with Crippen LogP contribution >= 0.6 is 0 Å². The van der Waals surface area contributed by atoms with E-state index in [1.54, 1.807) is 25.1 Å². The number of benzene rings is 1. The van der Waals surface area contributed by atoms with Crippen LogP contribution in [0.5, 0.6) is 0 Å². The third kappa shape index (κ3) is 3.17. The van der Waals surface area contributed by atoms with Crippen molar-refractivity contribution < 1.29 is 13.6 Å². The molecule has 3 N–H and O–H groups in total. The largest absolute Gasteiger partial charge is 0.446 e. The fourth-order valence-corrected chi connectivity index (χ4v) is 1.51. The van der Waals surface area contributed by atoms with Crippen molar-refractivity contribution in [2.24, 2.45) is 5.73 Å². The van der Waals surface area contributed by atoms with Crippen molar-refractivity contribution in [1.82, 2.24) is 10.3 Å². The number of rotatable bonds is 4. The van der Waals surface area contributed by atoms with Gasteiger partial charge in [-0.3, -0.25) is 4.79 Å². The Balaban J connectivity index is 1.99. The zero-order valence-corrected chi connectivity index (χ0v) is 10.4. The number of carbonyl (C=O) groups is 1. The average molecular weight is 263 g/mol. The smallest absolute Gasteiger partial charge is 0.273 e. The first-order valence-electron chi connectivity index (χ1n) is 5.80. The summed E-state index contributed by atoms with van der Waals surface area (Å²) in [6.45, 7) is 1.79. The number of amides is 1. The van der Waals surface area contributed by atoms with Crippen LogP contribution in [0.25, 0.3) is 0 Å². The minimum absolute atomic E-state index is 0.0892. The number of oxazole rings is 1. The molecule has 1 unspecified atom stereocenters. The molecule has 2 rings (SSSR count). The van der Waals surface area contributed by atoms with E-state index in [1.807, 2.05) is 0 Å². The van der Waals surface area contributed by atoms with Crippen molar-refractivity contribution in [3.63, 3.8) is 0 Å². The lowest BCUT2D eigenvalue weighted by atomic mass is 10.2. The minimum Gasteiger partial charge on any atom is -0.446 e. The lowest BCUT2D eigenvalue weighted by Crippen LogP contribution is -2.23. The van der Waals surface area contributed by atoms with Crippen molar-refractivity contribution in [2.75, 3.05) is 0 Å². The molecule has 6 heteroatoms. The van der Waals surface area contributed by atoms with E-state index in [0.29, 0.717) is 5.56 Å². The average Bonchev–Trinajstić information content (AvgIpc) is 2.87. The van der Waals surface area contributed by atoms with E-state index < -0.39 is 5.91 Å². The van der Waals surface area contributed by atoms with Gasteiger partial charge in [-0.1, -0.05) is 18.2 Å². The first-order valence-corrected chi connectivity index (χ1v) is 5.80. The van der Waals surface area contributed by atoms with Gasteiger partial charge in [0.15, 0.2) is 5.69 Å². The fraction of sp³-hybridized carbons (Fsp3) is 0.231. The highest BCUT2D eigenvalue weighted by molar-refractivity contribution is 5.91. The molecule has 2 aromatic rings. The van der Waals surface area contributed by atoms with Crippen LogP contribution in [0.4, 0.5) is 4.39 Å². The van der Waals surface area contributed by atoms with E-state index in [1.165, 1.54) is 12.3 Å². The van der Waals surface area contributed by atoms with Crippen molar-refractivity contribution in [1.29, 1.82) is 0 Å². The Morgan fingerprint density at radius 2 is 2.26 bits per heavy atom. The molecule has 1 amide bonds. The highest BCUT2D eigenvalue weighted by Gasteiger charge is 2.14. The number of hydrogen-bond donors (Lipinski definition) is 2. The van der Waals surface area contributed by atoms with Gasteiger partial charge in [0.25, 0.3) is 5.91 Å². The standard InChI is InChI=1S/C13H14FN3O2/c1-8(15)13-17-11(7-19-13)12(18)16-6-9-4-2-3-5-10(9)14/h2-5,7-8H,6,15H2,1H3,(H,16,18). The second-order valence-electron chi connectivity index (χ2n) is 4.13. The molecule has 0 aliphatic carbocycles. The lowest BCUT2D eigenvalue weighted by molar-refractivity contribution is 0.0945. The topological polar surface area (TPSA) is 81.1 Å². The van der Waals surface area contributed by atoms with Gasteiger partial charge < -0.3 is 15.5 Å². The fourth-order valence-electron chi connectivity index (χ4n) is 1.51. The minimum atomic E-state index is -0.432. The third-order valence-electron chi connectivity index (χ3n) is 2.54. The van der Waals surface area contributed by atoms with E-state index in [4.69, 9.17) is 10.2 Å². The Morgan fingerprint density at radius 3 is 2.89 bits per heavy atom. The van der Waals surface area contributed by atoms with Gasteiger partial charge in [0.1, 0.15) is 12.1 Å². The van der Waals surface area contributed by atoms with Gasteiger partial charge in [-0.25, -0.2) is 9.37 Å². The van der Waals surface area contributed by atoms with Crippen LogP contribution < -0.4 is 11.1 Å². The molecule has 1 atom stereocenters. The molecule has 0 saturated heterocycles. The summed E-state index contributed by atoms with van der Waals surface area (Å²) < 4.78 is 18.4. The van der Waals surface area contributed by atoms with Crippen LogP contribution in [0.15, 0.2) is 34.9 Å². The summed E-state index contributed by atoms with van der Waals surface area (Å²) in [7, 11) is 0. The Kier molecular flexibility index (Phi) is 3.91. The molecule has 0 fully saturated rings. The van der Waals surface area contributed by atoms with Gasteiger partial charge >= 0.3 is 0 Å². The predicted molar refractivity (Wildman–Crippen MR) is 66.7 cm³/mol. The summed E-state index contributed by atoms with van der Waals surface area (Å²) in [5.41, 5.74) is 6.11. The number of carbonyl (C=O) groups excluding carboxylic acids is 1. The molecular formula is C13H14FN3O2. The lowest BCUT2D eigenvalue weighted by Gasteiger charge is -2.04. The summed E-state index contributed by atoms with van der Waals surface area (Å²) in [6, 6.07) is 5.85. The van der Waals surface area contributed by atoms with Gasteiger partial charge in [0, 0.05) is 12.1 Å². The van der Waals surface area contributed by atoms with Crippen LogP contribution in [-0.2, 0) is 6.54 Å². The molecule has 0 saturated carbocycles. The Labute approximate surface area is 109 Å². The number of nitrogens with two attached hydrogens (primary N) is 1. The van der Waals surface area contributed by atoms with Crippen LogP contribution in [0.2, 0.25) is 0 Å². The van der Waals surface area contributed by atoms with Crippen molar-refractivity contribution >= 4 is 5.91 Å². The van der Waals surface area contributed by atoms with Crippen LogP contribution in [-0.4, -0.2) is 10.9 Å². The third-order valence-corrected chi connectivity index (χ3v) is 2.54. The Morgan fingerprint density at radius 1 is 1.53 bits per heavy atom. The molecule has 100 valence electrons. The Hall–Kier alpha value is -2.21. The molecular weight excluding hydrogens is 249 g/mol. The van der Waals surface area contributed by atoms with E-state index in [2.05, 4.69) is 10.3 Å². The molecule has 1 heterocycles. The zero-order valence-electron chi connectivity index (χ0n) is 10.4. The van der Waals surface area contributed by atoms with Gasteiger partial charge in [0.05, 0.1) is 6.04 Å². The van der Waals surface area contributed by atoms with E-state index in [0.717, 1.165) is 0 Å². The molecule has 1 aromatic heterocycles. The zero-order chi connectivity index (χ0) is 13.8. The normalized spacial score (nSPS) is 12.2. The van der Waals surface area contributed by atoms with Crippen molar-refractivity contribution in [2.45, 2.75) is 19.5 Å². The molecule has 19 heavy (non-hydrogen) atoms. The van der Waals surface area contributed by atoms with Gasteiger partial charge in [-0.05, 0) is 13.0 Å². The van der Waals surface area contributed by atoms with Crippen LogP contribution in [0.3, 0.4) is 0 Å². The summed E-state index contributed by atoms with van der Waals surface area (Å²) in [4.78, 5) is 15.7.